The molecule has 18 heavy (non-hydrogen) atoms. The number of phenols is 1. The molecule has 1 aromatic carbocycles. The van der Waals surface area contributed by atoms with Gasteiger partial charge in [0.1, 0.15) is 17.4 Å². The van der Waals surface area contributed by atoms with Gasteiger partial charge in [0.25, 0.3) is 5.91 Å². The Hall–Kier alpha value is -2.74. The van der Waals surface area contributed by atoms with Crippen LogP contribution in [0.4, 0.5) is 5.69 Å². The van der Waals surface area contributed by atoms with Gasteiger partial charge in [-0.3, -0.25) is 4.79 Å². The summed E-state index contributed by atoms with van der Waals surface area (Å²) in [6, 6.07) is 8.06. The zero-order valence-corrected chi connectivity index (χ0v) is 9.68. The van der Waals surface area contributed by atoms with Gasteiger partial charge in [0.05, 0.1) is 5.69 Å². The molecule has 0 spiro atoms. The second-order valence-electron chi connectivity index (χ2n) is 3.34. The van der Waals surface area contributed by atoms with Gasteiger partial charge in [-0.05, 0) is 12.1 Å². The number of rotatable bonds is 5. The van der Waals surface area contributed by atoms with Crippen molar-refractivity contribution in [2.45, 2.75) is 0 Å². The molecule has 0 saturated heterocycles. The van der Waals surface area contributed by atoms with Crippen molar-refractivity contribution in [3.8, 4) is 11.8 Å². The van der Waals surface area contributed by atoms with E-state index in [0.29, 0.717) is 6.54 Å². The predicted octanol–water partition coefficient (Wildman–Crippen LogP) is 1.51. The van der Waals surface area contributed by atoms with Crippen LogP contribution in [0.2, 0.25) is 0 Å². The summed E-state index contributed by atoms with van der Waals surface area (Å²) in [4.78, 5) is 11.7. The normalized spacial score (nSPS) is 10.3. The minimum atomic E-state index is -0.587. The van der Waals surface area contributed by atoms with E-state index in [0.717, 1.165) is 0 Å². The number of aromatic hydroxyl groups is 1. The van der Waals surface area contributed by atoms with Crippen LogP contribution >= 0.6 is 0 Å². The third kappa shape index (κ3) is 3.68. The number of hydrogen-bond donors (Lipinski definition) is 3. The standard InChI is InChI=1S/C13H13N3O2/c1-2-7-15-9-10(8-14)13(18)16-11-5-3-4-6-12(11)17/h2-6,9,15,17H,1,7H2,(H,16,18)/b10-9-. The van der Waals surface area contributed by atoms with Crippen molar-refractivity contribution in [1.29, 1.82) is 5.26 Å². The molecule has 3 N–H and O–H groups in total. The highest BCUT2D eigenvalue weighted by Crippen LogP contribution is 2.21. The molecule has 0 heterocycles. The first-order valence-electron chi connectivity index (χ1n) is 5.23. The van der Waals surface area contributed by atoms with Crippen molar-refractivity contribution < 1.29 is 9.90 Å². The summed E-state index contributed by atoms with van der Waals surface area (Å²) in [5.74, 6) is -0.641. The zero-order chi connectivity index (χ0) is 13.4. The largest absolute Gasteiger partial charge is 0.506 e. The lowest BCUT2D eigenvalue weighted by molar-refractivity contribution is -0.112. The molecule has 0 atom stereocenters. The van der Waals surface area contributed by atoms with E-state index in [2.05, 4.69) is 17.2 Å². The molecule has 1 amide bonds. The fourth-order valence-corrected chi connectivity index (χ4v) is 1.16. The molecule has 0 unspecified atom stereocenters. The maximum atomic E-state index is 11.7. The first-order chi connectivity index (χ1) is 8.69. The van der Waals surface area contributed by atoms with Crippen LogP contribution in [0.15, 0.2) is 48.7 Å². The second-order valence-corrected chi connectivity index (χ2v) is 3.34. The molecule has 0 fully saturated rings. The molecule has 1 rings (SSSR count). The average Bonchev–Trinajstić information content (AvgIpc) is 2.37. The Balaban J connectivity index is 2.75. The Morgan fingerprint density at radius 1 is 1.50 bits per heavy atom. The van der Waals surface area contributed by atoms with Gasteiger partial charge in [0.15, 0.2) is 0 Å². The molecule has 0 saturated carbocycles. The number of nitriles is 1. The van der Waals surface area contributed by atoms with E-state index in [1.54, 1.807) is 30.3 Å². The quantitative estimate of drug-likeness (QED) is 0.240. The average molecular weight is 243 g/mol. The van der Waals surface area contributed by atoms with Gasteiger partial charge in [0.2, 0.25) is 0 Å². The smallest absolute Gasteiger partial charge is 0.267 e. The van der Waals surface area contributed by atoms with Gasteiger partial charge >= 0.3 is 0 Å². The predicted molar refractivity (Wildman–Crippen MR) is 68.6 cm³/mol. The summed E-state index contributed by atoms with van der Waals surface area (Å²) in [7, 11) is 0. The highest BCUT2D eigenvalue weighted by molar-refractivity contribution is 6.07. The van der Waals surface area contributed by atoms with Crippen molar-refractivity contribution >= 4 is 11.6 Å². The first kappa shape index (κ1) is 13.3. The number of para-hydroxylation sites is 2. The van der Waals surface area contributed by atoms with Gasteiger partial charge in [-0.15, -0.1) is 6.58 Å². The molecule has 5 nitrogen and oxygen atoms in total. The molecule has 92 valence electrons. The maximum Gasteiger partial charge on any atom is 0.267 e. The number of phenolic OH excluding ortho intramolecular Hbond substituents is 1. The maximum absolute atomic E-state index is 11.7. The van der Waals surface area contributed by atoms with Crippen molar-refractivity contribution in [3.63, 3.8) is 0 Å². The molecule has 1 aromatic rings. The SMILES string of the molecule is C=CCN/C=C(/C#N)C(=O)Nc1ccccc1O. The summed E-state index contributed by atoms with van der Waals surface area (Å²) in [6.45, 7) is 3.95. The molecule has 0 bridgehead atoms. The number of benzene rings is 1. The van der Waals surface area contributed by atoms with Crippen molar-refractivity contribution in [2.24, 2.45) is 0 Å². The summed E-state index contributed by atoms with van der Waals surface area (Å²) in [6.07, 6.45) is 2.91. The first-order valence-corrected chi connectivity index (χ1v) is 5.23. The van der Waals surface area contributed by atoms with E-state index >= 15 is 0 Å². The minimum absolute atomic E-state index is 0.0535. The van der Waals surface area contributed by atoms with Crippen LogP contribution in [0.5, 0.6) is 5.75 Å². The van der Waals surface area contributed by atoms with Gasteiger partial charge < -0.3 is 15.7 Å². The minimum Gasteiger partial charge on any atom is -0.506 e. The lowest BCUT2D eigenvalue weighted by atomic mass is 10.2. The molecule has 0 radical (unpaired) electrons. The van der Waals surface area contributed by atoms with Crippen LogP contribution in [0.3, 0.4) is 0 Å². The van der Waals surface area contributed by atoms with E-state index in [4.69, 9.17) is 5.26 Å². The number of carbonyl (C=O) groups excluding carboxylic acids is 1. The number of carbonyl (C=O) groups is 1. The van der Waals surface area contributed by atoms with E-state index in [9.17, 15) is 9.90 Å². The Morgan fingerprint density at radius 2 is 2.22 bits per heavy atom. The molecule has 0 aliphatic heterocycles. The second kappa shape index (κ2) is 6.76. The van der Waals surface area contributed by atoms with Crippen LogP contribution < -0.4 is 10.6 Å². The van der Waals surface area contributed by atoms with Gasteiger partial charge in [0, 0.05) is 12.7 Å². The summed E-state index contributed by atoms with van der Waals surface area (Å²) >= 11 is 0. The lowest BCUT2D eigenvalue weighted by Gasteiger charge is -2.06. The van der Waals surface area contributed by atoms with Crippen LogP contribution in [-0.2, 0) is 4.79 Å². The number of nitrogens with one attached hydrogen (secondary N) is 2. The number of nitrogens with zero attached hydrogens (tertiary/aromatic N) is 1. The molecule has 0 aliphatic rings. The molecule has 0 aliphatic carbocycles. The number of amides is 1. The molecular weight excluding hydrogens is 230 g/mol. The van der Waals surface area contributed by atoms with E-state index in [1.165, 1.54) is 12.3 Å². The number of anilines is 1. The monoisotopic (exact) mass is 243 g/mol. The Kier molecular flexibility index (Phi) is 5.00. The highest BCUT2D eigenvalue weighted by atomic mass is 16.3. The van der Waals surface area contributed by atoms with Crippen LogP contribution in [0.1, 0.15) is 0 Å². The Morgan fingerprint density at radius 3 is 2.83 bits per heavy atom. The summed E-state index contributed by atoms with van der Waals surface area (Å²) < 4.78 is 0. The zero-order valence-electron chi connectivity index (χ0n) is 9.68. The summed E-state index contributed by atoms with van der Waals surface area (Å²) in [5.41, 5.74) is 0.174. The number of hydrogen-bond acceptors (Lipinski definition) is 4. The van der Waals surface area contributed by atoms with Crippen molar-refractivity contribution in [2.75, 3.05) is 11.9 Å². The van der Waals surface area contributed by atoms with Crippen molar-refractivity contribution in [1.82, 2.24) is 5.32 Å². The van der Waals surface area contributed by atoms with E-state index < -0.39 is 5.91 Å². The molecular formula is C13H13N3O2. The fourth-order valence-electron chi connectivity index (χ4n) is 1.16. The van der Waals surface area contributed by atoms with Gasteiger partial charge in [-0.1, -0.05) is 18.2 Å². The van der Waals surface area contributed by atoms with Gasteiger partial charge in [-0.2, -0.15) is 5.26 Å². The Bertz CT molecular complexity index is 515. The molecule has 0 aromatic heterocycles. The van der Waals surface area contributed by atoms with Gasteiger partial charge in [-0.25, -0.2) is 0 Å². The fraction of sp³-hybridized carbons (Fsp3) is 0.0769. The summed E-state index contributed by atoms with van der Waals surface area (Å²) in [5, 5.41) is 23.5. The van der Waals surface area contributed by atoms with Crippen molar-refractivity contribution in [3.05, 3.63) is 48.7 Å². The van der Waals surface area contributed by atoms with E-state index in [1.807, 2.05) is 0 Å². The van der Waals surface area contributed by atoms with Crippen LogP contribution in [-0.4, -0.2) is 17.6 Å². The lowest BCUT2D eigenvalue weighted by Crippen LogP contribution is -2.16. The third-order valence-electron chi connectivity index (χ3n) is 2.03. The Labute approximate surface area is 105 Å². The third-order valence-corrected chi connectivity index (χ3v) is 2.03. The topological polar surface area (TPSA) is 85.2 Å². The highest BCUT2D eigenvalue weighted by Gasteiger charge is 2.10. The molecule has 5 heteroatoms. The van der Waals surface area contributed by atoms with E-state index in [-0.39, 0.29) is 17.0 Å². The van der Waals surface area contributed by atoms with Crippen LogP contribution in [0, 0.1) is 11.3 Å². The van der Waals surface area contributed by atoms with Crippen LogP contribution in [0.25, 0.3) is 0 Å².